The first-order valence-corrected chi connectivity index (χ1v) is 11.5. The SMILES string of the molecule is NCCNC(=O)C1N(C(=O)c2cccc(F)c2)CCCN1S(=O)(=O)c1ccc(F)c(Cl)c1. The van der Waals surface area contributed by atoms with Crippen molar-refractivity contribution in [2.45, 2.75) is 17.5 Å². The van der Waals surface area contributed by atoms with Gasteiger partial charge in [0.25, 0.3) is 11.8 Å². The first-order chi connectivity index (χ1) is 15.2. The quantitative estimate of drug-likeness (QED) is 0.643. The van der Waals surface area contributed by atoms with E-state index in [0.717, 1.165) is 39.5 Å². The van der Waals surface area contributed by atoms with Gasteiger partial charge in [0.1, 0.15) is 11.6 Å². The van der Waals surface area contributed by atoms with Gasteiger partial charge in [-0.2, -0.15) is 4.31 Å². The highest BCUT2D eigenvalue weighted by Crippen LogP contribution is 2.28. The summed E-state index contributed by atoms with van der Waals surface area (Å²) in [6, 6.07) is 7.74. The summed E-state index contributed by atoms with van der Waals surface area (Å²) in [6.07, 6.45) is -1.34. The highest BCUT2D eigenvalue weighted by Gasteiger charge is 2.44. The van der Waals surface area contributed by atoms with E-state index in [0.29, 0.717) is 0 Å². The molecule has 2 aromatic carbocycles. The normalized spacial score (nSPS) is 17.2. The summed E-state index contributed by atoms with van der Waals surface area (Å²) in [5.74, 6) is -2.93. The lowest BCUT2D eigenvalue weighted by Crippen LogP contribution is -2.63. The van der Waals surface area contributed by atoms with Crippen molar-refractivity contribution < 1.29 is 26.8 Å². The Hall–Kier alpha value is -2.60. The highest BCUT2D eigenvalue weighted by atomic mass is 35.5. The molecule has 0 radical (unpaired) electrons. The number of carbonyl (C=O) groups is 2. The number of nitrogens with zero attached hydrogens (tertiary/aromatic N) is 2. The van der Waals surface area contributed by atoms with Crippen LogP contribution in [0.4, 0.5) is 8.78 Å². The number of hydrogen-bond acceptors (Lipinski definition) is 5. The molecule has 1 atom stereocenters. The molecule has 0 aliphatic carbocycles. The molecule has 172 valence electrons. The van der Waals surface area contributed by atoms with Crippen LogP contribution in [0.25, 0.3) is 0 Å². The number of nitrogens with two attached hydrogens (primary N) is 1. The van der Waals surface area contributed by atoms with E-state index in [1.54, 1.807) is 0 Å². The topological polar surface area (TPSA) is 113 Å². The molecular weight excluding hydrogens is 466 g/mol. The molecule has 1 fully saturated rings. The van der Waals surface area contributed by atoms with Gasteiger partial charge in [-0.15, -0.1) is 0 Å². The Morgan fingerprint density at radius 1 is 1.16 bits per heavy atom. The second-order valence-corrected chi connectivity index (χ2v) is 9.31. The summed E-state index contributed by atoms with van der Waals surface area (Å²) in [5.41, 5.74) is 5.40. The third kappa shape index (κ3) is 4.90. The van der Waals surface area contributed by atoms with Gasteiger partial charge in [0.15, 0.2) is 6.17 Å². The molecule has 0 bridgehead atoms. The van der Waals surface area contributed by atoms with E-state index in [1.165, 1.54) is 12.1 Å². The summed E-state index contributed by atoms with van der Waals surface area (Å²) < 4.78 is 54.8. The maximum atomic E-state index is 13.7. The van der Waals surface area contributed by atoms with Gasteiger partial charge in [0.2, 0.25) is 10.0 Å². The zero-order valence-corrected chi connectivity index (χ0v) is 18.4. The van der Waals surface area contributed by atoms with Crippen molar-refractivity contribution in [3.63, 3.8) is 0 Å². The van der Waals surface area contributed by atoms with E-state index in [1.807, 2.05) is 0 Å². The second-order valence-electron chi connectivity index (χ2n) is 7.01. The van der Waals surface area contributed by atoms with E-state index in [9.17, 15) is 26.8 Å². The number of rotatable bonds is 6. The van der Waals surface area contributed by atoms with Crippen LogP contribution in [-0.4, -0.2) is 61.8 Å². The van der Waals surface area contributed by atoms with Crippen LogP contribution < -0.4 is 11.1 Å². The van der Waals surface area contributed by atoms with Gasteiger partial charge in [-0.3, -0.25) is 9.59 Å². The molecule has 1 aliphatic heterocycles. The van der Waals surface area contributed by atoms with E-state index >= 15 is 0 Å². The Balaban J connectivity index is 2.04. The Bertz CT molecular complexity index is 1130. The van der Waals surface area contributed by atoms with Crippen molar-refractivity contribution in [1.29, 1.82) is 0 Å². The first-order valence-electron chi connectivity index (χ1n) is 9.68. The predicted octanol–water partition coefficient (Wildman–Crippen LogP) is 1.56. The number of carbonyl (C=O) groups excluding carboxylic acids is 2. The van der Waals surface area contributed by atoms with Crippen LogP contribution in [-0.2, 0) is 14.8 Å². The van der Waals surface area contributed by atoms with Crippen LogP contribution in [0.5, 0.6) is 0 Å². The van der Waals surface area contributed by atoms with E-state index < -0.39 is 44.7 Å². The maximum Gasteiger partial charge on any atom is 0.259 e. The minimum Gasteiger partial charge on any atom is -0.352 e. The summed E-state index contributed by atoms with van der Waals surface area (Å²) in [4.78, 5) is 26.8. The lowest BCUT2D eigenvalue weighted by atomic mass is 10.1. The molecule has 12 heteroatoms. The average Bonchev–Trinajstić information content (AvgIpc) is 2.78. The Kier molecular flexibility index (Phi) is 7.44. The summed E-state index contributed by atoms with van der Waals surface area (Å²) in [7, 11) is -4.36. The second kappa shape index (κ2) is 9.90. The Morgan fingerprint density at radius 2 is 1.91 bits per heavy atom. The van der Waals surface area contributed by atoms with Gasteiger partial charge >= 0.3 is 0 Å². The standard InChI is InChI=1S/C20H21ClF2N4O4S/c21-16-12-15(5-6-17(16)23)32(30,31)27-10-2-9-26(19(27)18(28)25-8-7-24)20(29)13-3-1-4-14(22)11-13/h1,3-6,11-12,19H,2,7-10,24H2,(H,25,28). The molecule has 0 saturated carbocycles. The van der Waals surface area contributed by atoms with Crippen LogP contribution in [0, 0.1) is 11.6 Å². The number of amides is 2. The fourth-order valence-electron chi connectivity index (χ4n) is 3.38. The number of sulfonamides is 1. The number of benzene rings is 2. The Labute approximate surface area is 189 Å². The zero-order valence-electron chi connectivity index (χ0n) is 16.8. The molecule has 0 spiro atoms. The molecule has 2 amide bonds. The first kappa shape index (κ1) is 24.1. The predicted molar refractivity (Wildman–Crippen MR) is 113 cm³/mol. The van der Waals surface area contributed by atoms with E-state index in [-0.39, 0.29) is 43.1 Å². The number of nitrogens with one attached hydrogen (secondary N) is 1. The smallest absolute Gasteiger partial charge is 0.259 e. The monoisotopic (exact) mass is 486 g/mol. The van der Waals surface area contributed by atoms with Crippen molar-refractivity contribution in [3.8, 4) is 0 Å². The van der Waals surface area contributed by atoms with Crippen LogP contribution in [0.15, 0.2) is 47.4 Å². The van der Waals surface area contributed by atoms with Crippen molar-refractivity contribution in [1.82, 2.24) is 14.5 Å². The summed E-state index contributed by atoms with van der Waals surface area (Å²) in [6.45, 7) is 0.126. The van der Waals surface area contributed by atoms with Crippen molar-refractivity contribution in [2.24, 2.45) is 5.73 Å². The average molecular weight is 487 g/mol. The molecule has 2 aromatic rings. The van der Waals surface area contributed by atoms with E-state index in [4.69, 9.17) is 17.3 Å². The molecule has 32 heavy (non-hydrogen) atoms. The van der Waals surface area contributed by atoms with Crippen molar-refractivity contribution in [3.05, 3.63) is 64.7 Å². The fourth-order valence-corrected chi connectivity index (χ4v) is 5.24. The third-order valence-corrected chi connectivity index (χ3v) is 6.99. The van der Waals surface area contributed by atoms with Gasteiger partial charge in [-0.05, 0) is 42.8 Å². The number of hydrogen-bond donors (Lipinski definition) is 2. The fraction of sp³-hybridized carbons (Fsp3) is 0.300. The molecular formula is C20H21ClF2N4O4S. The maximum absolute atomic E-state index is 13.7. The van der Waals surface area contributed by atoms with Crippen LogP contribution >= 0.6 is 11.6 Å². The molecule has 3 rings (SSSR count). The van der Waals surface area contributed by atoms with Crippen LogP contribution in [0.2, 0.25) is 5.02 Å². The van der Waals surface area contributed by atoms with Crippen LogP contribution in [0.1, 0.15) is 16.8 Å². The molecule has 1 aliphatic rings. The number of halogens is 3. The van der Waals surface area contributed by atoms with Crippen molar-refractivity contribution >= 4 is 33.4 Å². The van der Waals surface area contributed by atoms with E-state index in [2.05, 4.69) is 5.32 Å². The third-order valence-electron chi connectivity index (χ3n) is 4.85. The molecule has 1 saturated heterocycles. The highest BCUT2D eigenvalue weighted by molar-refractivity contribution is 7.89. The minimum absolute atomic E-state index is 0.0364. The van der Waals surface area contributed by atoms with Gasteiger partial charge in [-0.1, -0.05) is 17.7 Å². The molecule has 3 N–H and O–H groups in total. The van der Waals surface area contributed by atoms with Crippen molar-refractivity contribution in [2.75, 3.05) is 26.2 Å². The van der Waals surface area contributed by atoms with Gasteiger partial charge in [0.05, 0.1) is 9.92 Å². The molecule has 8 nitrogen and oxygen atoms in total. The van der Waals surface area contributed by atoms with Gasteiger partial charge in [-0.25, -0.2) is 17.2 Å². The Morgan fingerprint density at radius 3 is 2.56 bits per heavy atom. The van der Waals surface area contributed by atoms with Gasteiger partial charge in [0, 0.05) is 31.7 Å². The summed E-state index contributed by atoms with van der Waals surface area (Å²) >= 11 is 5.75. The summed E-state index contributed by atoms with van der Waals surface area (Å²) in [5, 5.41) is 2.10. The van der Waals surface area contributed by atoms with Gasteiger partial charge < -0.3 is 16.0 Å². The largest absolute Gasteiger partial charge is 0.352 e. The lowest BCUT2D eigenvalue weighted by molar-refractivity contribution is -0.130. The molecule has 0 aromatic heterocycles. The lowest BCUT2D eigenvalue weighted by Gasteiger charge is -2.41. The minimum atomic E-state index is -4.36. The molecule has 1 heterocycles. The molecule has 1 unspecified atom stereocenters. The van der Waals surface area contributed by atoms with Crippen LogP contribution in [0.3, 0.4) is 0 Å². The zero-order chi connectivity index (χ0) is 23.5.